The molecule has 1 aliphatic rings. The lowest BCUT2D eigenvalue weighted by atomic mass is 9.87. The van der Waals surface area contributed by atoms with Gasteiger partial charge in [-0.05, 0) is 12.8 Å². The number of ether oxygens (including phenoxy) is 1. The van der Waals surface area contributed by atoms with Crippen LogP contribution in [0.5, 0.6) is 0 Å². The third-order valence-electron chi connectivity index (χ3n) is 4.77. The molecule has 1 aromatic rings. The van der Waals surface area contributed by atoms with Gasteiger partial charge in [-0.25, -0.2) is 4.79 Å². The number of aromatic amines is 1. The molecule has 28 heavy (non-hydrogen) atoms. The van der Waals surface area contributed by atoms with Crippen molar-refractivity contribution in [2.45, 2.75) is 62.9 Å². The highest BCUT2D eigenvalue weighted by molar-refractivity contribution is 5.88. The minimum absolute atomic E-state index is 0.0228. The van der Waals surface area contributed by atoms with Crippen molar-refractivity contribution < 1.29 is 34.0 Å². The van der Waals surface area contributed by atoms with Crippen LogP contribution in [0.3, 0.4) is 0 Å². The van der Waals surface area contributed by atoms with E-state index in [9.17, 15) is 33.8 Å². The molecule has 0 radical (unpaired) electrons. The van der Waals surface area contributed by atoms with Crippen LogP contribution in [0.25, 0.3) is 0 Å². The number of carboxylic acids is 1. The summed E-state index contributed by atoms with van der Waals surface area (Å²) in [6.07, 6.45) is -0.175. The summed E-state index contributed by atoms with van der Waals surface area (Å²) in [5, 5.41) is 28.8. The van der Waals surface area contributed by atoms with Crippen molar-refractivity contribution in [3.63, 3.8) is 0 Å². The Hall–Kier alpha value is -2.37. The van der Waals surface area contributed by atoms with Gasteiger partial charge < -0.3 is 20.1 Å². The Kier molecular flexibility index (Phi) is 7.22. The molecule has 156 valence electrons. The fraction of sp³-hybridized carbons (Fsp3) is 0.647. The summed E-state index contributed by atoms with van der Waals surface area (Å²) < 4.78 is 19.6. The molecule has 0 spiro atoms. The van der Waals surface area contributed by atoms with Gasteiger partial charge in [-0.2, -0.15) is 4.39 Å². The summed E-state index contributed by atoms with van der Waals surface area (Å²) in [5.74, 6) is -2.71. The van der Waals surface area contributed by atoms with Crippen molar-refractivity contribution in [3.8, 4) is 0 Å². The van der Waals surface area contributed by atoms with Crippen LogP contribution in [0.1, 0.15) is 51.2 Å². The monoisotopic (exact) mass is 402 g/mol. The van der Waals surface area contributed by atoms with E-state index in [2.05, 4.69) is 0 Å². The number of carbonyl (C=O) groups excluding carboxylic acids is 1. The molecule has 0 unspecified atom stereocenters. The average molecular weight is 402 g/mol. The number of halogens is 1. The van der Waals surface area contributed by atoms with Crippen molar-refractivity contribution in [2.75, 3.05) is 6.61 Å². The molecule has 0 aromatic carbocycles. The fourth-order valence-corrected chi connectivity index (χ4v) is 3.21. The second-order valence-electron chi connectivity index (χ2n) is 6.77. The molecule has 4 N–H and O–H groups in total. The summed E-state index contributed by atoms with van der Waals surface area (Å²) in [7, 11) is 0. The molecule has 0 amide bonds. The normalized spacial score (nSPS) is 24.4. The first-order valence-electron chi connectivity index (χ1n) is 8.93. The van der Waals surface area contributed by atoms with Crippen LogP contribution in [-0.4, -0.2) is 54.9 Å². The number of ketones is 1. The number of aliphatic hydroxyl groups excluding tert-OH is 1. The van der Waals surface area contributed by atoms with Crippen LogP contribution in [0.15, 0.2) is 15.8 Å². The van der Waals surface area contributed by atoms with Crippen LogP contribution in [0.4, 0.5) is 4.39 Å². The standard InChI is InChI=1S/C17H23FN2O8/c18-10-8-20(16(26)19-15(10)25)13-7-17(27,12(9-21)28-13)11(22)5-3-1-2-4-6-14(23)24/h8,12-13,21,27H,1-7,9H2,(H,23,24)(H,19,25,26)/t12-,13-,17-/m1/s1. The zero-order chi connectivity index (χ0) is 20.9. The van der Waals surface area contributed by atoms with E-state index < -0.39 is 53.4 Å². The van der Waals surface area contributed by atoms with Gasteiger partial charge in [0, 0.05) is 19.3 Å². The Balaban J connectivity index is 2.02. The first-order valence-corrected chi connectivity index (χ1v) is 8.93. The van der Waals surface area contributed by atoms with E-state index in [0.29, 0.717) is 31.9 Å². The Morgan fingerprint density at radius 3 is 2.50 bits per heavy atom. The Labute approximate surface area is 158 Å². The van der Waals surface area contributed by atoms with Crippen LogP contribution in [-0.2, 0) is 14.3 Å². The number of aromatic nitrogens is 2. The number of rotatable bonds is 10. The van der Waals surface area contributed by atoms with Crippen LogP contribution >= 0.6 is 0 Å². The first-order chi connectivity index (χ1) is 13.2. The number of carboxylic acid groups (broad SMARTS) is 1. The molecule has 0 bridgehead atoms. The maximum Gasteiger partial charge on any atom is 0.330 e. The predicted octanol–water partition coefficient (Wildman–Crippen LogP) is -0.319. The minimum atomic E-state index is -2.06. The molecule has 0 saturated carbocycles. The highest BCUT2D eigenvalue weighted by atomic mass is 19.1. The molecular formula is C17H23FN2O8. The summed E-state index contributed by atoms with van der Waals surface area (Å²) in [5.41, 5.74) is -4.23. The summed E-state index contributed by atoms with van der Waals surface area (Å²) in [4.78, 5) is 47.7. The molecular weight excluding hydrogens is 379 g/mol. The van der Waals surface area contributed by atoms with Gasteiger partial charge in [-0.1, -0.05) is 12.8 Å². The Morgan fingerprint density at radius 2 is 1.89 bits per heavy atom. The van der Waals surface area contributed by atoms with Gasteiger partial charge in [0.05, 0.1) is 12.8 Å². The third kappa shape index (κ3) is 4.91. The lowest BCUT2D eigenvalue weighted by molar-refractivity contribution is -0.147. The molecule has 3 atom stereocenters. The van der Waals surface area contributed by atoms with E-state index in [-0.39, 0.29) is 19.3 Å². The van der Waals surface area contributed by atoms with Crippen LogP contribution in [0.2, 0.25) is 0 Å². The lowest BCUT2D eigenvalue weighted by Crippen LogP contribution is -2.47. The average Bonchev–Trinajstić information content (AvgIpc) is 2.98. The minimum Gasteiger partial charge on any atom is -0.481 e. The smallest absolute Gasteiger partial charge is 0.330 e. The molecule has 0 aliphatic carbocycles. The zero-order valence-corrected chi connectivity index (χ0v) is 15.1. The van der Waals surface area contributed by atoms with E-state index in [0.717, 1.165) is 4.57 Å². The van der Waals surface area contributed by atoms with Crippen molar-refractivity contribution in [2.24, 2.45) is 0 Å². The van der Waals surface area contributed by atoms with Crippen LogP contribution < -0.4 is 11.2 Å². The zero-order valence-electron chi connectivity index (χ0n) is 15.1. The molecule has 2 rings (SSSR count). The van der Waals surface area contributed by atoms with Gasteiger partial charge in [0.1, 0.15) is 12.3 Å². The fourth-order valence-electron chi connectivity index (χ4n) is 3.21. The highest BCUT2D eigenvalue weighted by Crippen LogP contribution is 2.37. The summed E-state index contributed by atoms with van der Waals surface area (Å²) in [6.45, 7) is -0.696. The van der Waals surface area contributed by atoms with Crippen molar-refractivity contribution in [1.29, 1.82) is 0 Å². The third-order valence-corrected chi connectivity index (χ3v) is 4.77. The number of Topliss-reactive ketones (excluding diaryl/α,β-unsaturated/α-hetero) is 1. The maximum absolute atomic E-state index is 13.5. The SMILES string of the molecule is O=C(O)CCCCCCC(=O)[C@]1(O)C[C@H](n2cc(F)c(=O)[nH]c2=O)O[C@@H]1CO. The number of nitrogens with one attached hydrogen (secondary N) is 1. The quantitative estimate of drug-likeness (QED) is 0.388. The second-order valence-corrected chi connectivity index (χ2v) is 6.77. The molecule has 1 aliphatic heterocycles. The molecule has 1 aromatic heterocycles. The number of aliphatic hydroxyl groups is 2. The van der Waals surface area contributed by atoms with E-state index in [4.69, 9.17) is 9.84 Å². The largest absolute Gasteiger partial charge is 0.481 e. The van der Waals surface area contributed by atoms with Crippen molar-refractivity contribution in [1.82, 2.24) is 9.55 Å². The lowest BCUT2D eigenvalue weighted by Gasteiger charge is -2.25. The number of unbranched alkanes of at least 4 members (excludes halogenated alkanes) is 3. The first kappa shape index (κ1) is 21.9. The molecule has 1 fully saturated rings. The van der Waals surface area contributed by atoms with E-state index >= 15 is 0 Å². The van der Waals surface area contributed by atoms with Gasteiger partial charge in [0.2, 0.25) is 5.82 Å². The molecule has 1 saturated heterocycles. The van der Waals surface area contributed by atoms with Gasteiger partial charge in [0.25, 0.3) is 5.56 Å². The Bertz CT molecular complexity index is 835. The highest BCUT2D eigenvalue weighted by Gasteiger charge is 2.52. The van der Waals surface area contributed by atoms with Gasteiger partial charge >= 0.3 is 11.7 Å². The van der Waals surface area contributed by atoms with Gasteiger partial charge in [-0.3, -0.25) is 23.9 Å². The number of carbonyl (C=O) groups is 2. The van der Waals surface area contributed by atoms with E-state index in [1.165, 1.54) is 0 Å². The number of H-pyrrole nitrogens is 1. The molecule has 11 heteroatoms. The second kappa shape index (κ2) is 9.22. The molecule has 10 nitrogen and oxygen atoms in total. The molecule has 2 heterocycles. The summed E-state index contributed by atoms with van der Waals surface area (Å²) >= 11 is 0. The van der Waals surface area contributed by atoms with Gasteiger partial charge in [-0.15, -0.1) is 0 Å². The van der Waals surface area contributed by atoms with E-state index in [1.807, 2.05) is 0 Å². The van der Waals surface area contributed by atoms with Crippen molar-refractivity contribution in [3.05, 3.63) is 32.9 Å². The Morgan fingerprint density at radius 1 is 1.25 bits per heavy atom. The summed E-state index contributed by atoms with van der Waals surface area (Å²) in [6, 6.07) is 0. The topological polar surface area (TPSA) is 159 Å². The predicted molar refractivity (Wildman–Crippen MR) is 92.2 cm³/mol. The van der Waals surface area contributed by atoms with Gasteiger partial charge in [0.15, 0.2) is 11.4 Å². The number of hydrogen-bond acceptors (Lipinski definition) is 7. The number of nitrogens with zero attached hydrogens (tertiary/aromatic N) is 1. The van der Waals surface area contributed by atoms with E-state index in [1.54, 1.807) is 4.98 Å². The van der Waals surface area contributed by atoms with Crippen molar-refractivity contribution >= 4 is 11.8 Å². The van der Waals surface area contributed by atoms with Crippen LogP contribution in [0, 0.1) is 5.82 Å². The number of hydrogen-bond donors (Lipinski definition) is 4. The number of aliphatic carboxylic acids is 1. The maximum atomic E-state index is 13.5.